The SMILES string of the molecule is CC(C)Cc1cc(CCC2OCC3(CO2)COC(CCc2cc(CC(C)C)c(O)c(C(C)(C)C)c2)OC3)cc(C(C)(C)C)c1O. The molecule has 2 aromatic carbocycles. The van der Waals surface area contributed by atoms with Crippen molar-refractivity contribution in [2.75, 3.05) is 26.4 Å². The molecule has 0 atom stereocenters. The molecule has 6 nitrogen and oxygen atoms in total. The van der Waals surface area contributed by atoms with Crippen LogP contribution < -0.4 is 0 Å². The third-order valence-electron chi connectivity index (χ3n) is 9.01. The van der Waals surface area contributed by atoms with Crippen LogP contribution in [0.25, 0.3) is 0 Å². The monoisotopic (exact) mass is 624 g/mol. The lowest BCUT2D eigenvalue weighted by atomic mass is 9.82. The standard InChI is InChI=1S/C39H60O6/c1-25(2)15-29-17-27(19-31(35(29)40)37(5,6)7)11-13-33-42-21-39(22-43-33)23-44-34(45-24-39)14-12-28-18-30(16-26(3)4)36(41)32(20-28)38(8,9)10/h17-20,25-26,33-34,40-41H,11-16,21-24H2,1-10H3. The normalized spacial score (nSPS) is 22.9. The van der Waals surface area contributed by atoms with Gasteiger partial charge in [0.05, 0.1) is 31.8 Å². The molecule has 2 aromatic rings. The molecule has 45 heavy (non-hydrogen) atoms. The first-order chi connectivity index (χ1) is 21.0. The van der Waals surface area contributed by atoms with E-state index in [9.17, 15) is 10.2 Å². The van der Waals surface area contributed by atoms with E-state index in [1.54, 1.807) is 0 Å². The molecule has 0 bridgehead atoms. The van der Waals surface area contributed by atoms with Crippen molar-refractivity contribution < 1.29 is 29.2 Å². The van der Waals surface area contributed by atoms with Crippen molar-refractivity contribution in [2.24, 2.45) is 17.3 Å². The summed E-state index contributed by atoms with van der Waals surface area (Å²) in [7, 11) is 0. The molecule has 6 heteroatoms. The van der Waals surface area contributed by atoms with Gasteiger partial charge < -0.3 is 29.2 Å². The first kappa shape index (κ1) is 35.7. The van der Waals surface area contributed by atoms with Crippen LogP contribution >= 0.6 is 0 Å². The van der Waals surface area contributed by atoms with Crippen LogP contribution in [0.2, 0.25) is 0 Å². The zero-order chi connectivity index (χ0) is 33.2. The van der Waals surface area contributed by atoms with E-state index < -0.39 is 0 Å². The van der Waals surface area contributed by atoms with Gasteiger partial charge in [-0.1, -0.05) is 93.5 Å². The fourth-order valence-electron chi connectivity index (χ4n) is 6.47. The Kier molecular flexibility index (Phi) is 11.4. The molecule has 2 fully saturated rings. The molecule has 2 heterocycles. The number of aromatic hydroxyl groups is 2. The molecule has 4 rings (SSSR count). The third kappa shape index (κ3) is 9.47. The molecule has 0 aliphatic carbocycles. The summed E-state index contributed by atoms with van der Waals surface area (Å²) in [6.07, 6.45) is 4.36. The Morgan fingerprint density at radius 1 is 0.622 bits per heavy atom. The van der Waals surface area contributed by atoms with E-state index in [0.29, 0.717) is 49.8 Å². The average Bonchev–Trinajstić information content (AvgIpc) is 2.93. The predicted octanol–water partition coefficient (Wildman–Crippen LogP) is 8.39. The van der Waals surface area contributed by atoms with Crippen molar-refractivity contribution in [3.05, 3.63) is 57.6 Å². The minimum absolute atomic E-state index is 0.134. The molecule has 0 aromatic heterocycles. The Balaban J connectivity index is 1.29. The van der Waals surface area contributed by atoms with Crippen LogP contribution in [0.1, 0.15) is 115 Å². The number of rotatable bonds is 10. The third-order valence-corrected chi connectivity index (χ3v) is 9.01. The van der Waals surface area contributed by atoms with Gasteiger partial charge in [-0.05, 0) is 81.7 Å². The molecular weight excluding hydrogens is 564 g/mol. The molecule has 1 spiro atoms. The maximum Gasteiger partial charge on any atom is 0.157 e. The number of hydrogen-bond donors (Lipinski definition) is 2. The van der Waals surface area contributed by atoms with Crippen LogP contribution in [0.5, 0.6) is 11.5 Å². The lowest BCUT2D eigenvalue weighted by Crippen LogP contribution is -2.52. The Morgan fingerprint density at radius 3 is 1.24 bits per heavy atom. The Labute approximate surface area is 272 Å². The molecule has 252 valence electrons. The van der Waals surface area contributed by atoms with Gasteiger partial charge in [-0.3, -0.25) is 0 Å². The van der Waals surface area contributed by atoms with Gasteiger partial charge in [0, 0.05) is 12.8 Å². The van der Waals surface area contributed by atoms with Gasteiger partial charge in [0.1, 0.15) is 11.5 Å². The molecule has 0 amide bonds. The van der Waals surface area contributed by atoms with Crippen molar-refractivity contribution in [3.8, 4) is 11.5 Å². The first-order valence-corrected chi connectivity index (χ1v) is 17.1. The summed E-state index contributed by atoms with van der Waals surface area (Å²) in [4.78, 5) is 0. The number of phenolic OH excluding ortho intramolecular Hbond substituents is 2. The van der Waals surface area contributed by atoms with E-state index in [2.05, 4.69) is 93.5 Å². The average molecular weight is 625 g/mol. The summed E-state index contributed by atoms with van der Waals surface area (Å²) in [6.45, 7) is 23.8. The minimum atomic E-state index is -0.280. The maximum atomic E-state index is 11.0. The van der Waals surface area contributed by atoms with E-state index >= 15 is 0 Å². The zero-order valence-electron chi connectivity index (χ0n) is 29.7. The lowest BCUT2D eigenvalue weighted by molar-refractivity contribution is -0.303. The summed E-state index contributed by atoms with van der Waals surface area (Å²) < 4.78 is 24.9. The fraction of sp³-hybridized carbons (Fsp3) is 0.692. The molecule has 0 unspecified atom stereocenters. The minimum Gasteiger partial charge on any atom is -0.507 e. The van der Waals surface area contributed by atoms with E-state index in [-0.39, 0.29) is 28.8 Å². The van der Waals surface area contributed by atoms with E-state index in [1.807, 2.05) is 0 Å². The van der Waals surface area contributed by atoms with Crippen LogP contribution in [-0.2, 0) is 55.5 Å². The summed E-state index contributed by atoms with van der Waals surface area (Å²) >= 11 is 0. The highest BCUT2D eigenvalue weighted by Gasteiger charge is 2.42. The number of ether oxygens (including phenoxy) is 4. The molecule has 2 N–H and O–H groups in total. The van der Waals surface area contributed by atoms with Gasteiger partial charge in [-0.15, -0.1) is 0 Å². The second kappa shape index (κ2) is 14.3. The highest BCUT2D eigenvalue weighted by atomic mass is 16.7. The number of hydrogen-bond acceptors (Lipinski definition) is 6. The first-order valence-electron chi connectivity index (χ1n) is 17.1. The van der Waals surface area contributed by atoms with Crippen molar-refractivity contribution in [1.29, 1.82) is 0 Å². The molecule has 2 saturated heterocycles. The fourth-order valence-corrected chi connectivity index (χ4v) is 6.47. The van der Waals surface area contributed by atoms with E-state index in [4.69, 9.17) is 18.9 Å². The highest BCUT2D eigenvalue weighted by Crippen LogP contribution is 2.38. The maximum absolute atomic E-state index is 11.0. The number of aryl methyl sites for hydroxylation is 2. The number of phenols is 2. The van der Waals surface area contributed by atoms with Crippen molar-refractivity contribution in [2.45, 2.75) is 131 Å². The van der Waals surface area contributed by atoms with E-state index in [1.165, 1.54) is 11.1 Å². The molecule has 2 aliphatic rings. The Bertz CT molecular complexity index is 1160. The number of benzene rings is 2. The van der Waals surface area contributed by atoms with Crippen LogP contribution in [-0.4, -0.2) is 49.2 Å². The molecule has 0 saturated carbocycles. The molecule has 0 radical (unpaired) electrons. The van der Waals surface area contributed by atoms with E-state index in [0.717, 1.165) is 60.8 Å². The van der Waals surface area contributed by atoms with Gasteiger partial charge >= 0.3 is 0 Å². The van der Waals surface area contributed by atoms with Crippen molar-refractivity contribution in [1.82, 2.24) is 0 Å². The predicted molar refractivity (Wildman–Crippen MR) is 181 cm³/mol. The Hall–Kier alpha value is -2.12. The smallest absolute Gasteiger partial charge is 0.157 e. The largest absolute Gasteiger partial charge is 0.507 e. The van der Waals surface area contributed by atoms with Gasteiger partial charge in [0.15, 0.2) is 12.6 Å². The summed E-state index contributed by atoms with van der Waals surface area (Å²) in [5, 5.41) is 21.9. The van der Waals surface area contributed by atoms with Gasteiger partial charge in [0.2, 0.25) is 0 Å². The van der Waals surface area contributed by atoms with Gasteiger partial charge in [-0.2, -0.15) is 0 Å². The van der Waals surface area contributed by atoms with Gasteiger partial charge in [0.25, 0.3) is 0 Å². The van der Waals surface area contributed by atoms with Crippen LogP contribution in [0.15, 0.2) is 24.3 Å². The summed E-state index contributed by atoms with van der Waals surface area (Å²) in [5.41, 5.74) is 5.94. The second-order valence-corrected chi connectivity index (χ2v) is 16.7. The zero-order valence-corrected chi connectivity index (χ0v) is 29.7. The van der Waals surface area contributed by atoms with Gasteiger partial charge in [-0.25, -0.2) is 0 Å². The summed E-state index contributed by atoms with van der Waals surface area (Å²) in [5.74, 6) is 1.82. The lowest BCUT2D eigenvalue weighted by Gasteiger charge is -2.43. The Morgan fingerprint density at radius 2 is 0.956 bits per heavy atom. The van der Waals surface area contributed by atoms with Crippen LogP contribution in [0.3, 0.4) is 0 Å². The van der Waals surface area contributed by atoms with Crippen LogP contribution in [0, 0.1) is 17.3 Å². The summed E-state index contributed by atoms with van der Waals surface area (Å²) in [6, 6.07) is 8.62. The quantitative estimate of drug-likeness (QED) is 0.277. The highest BCUT2D eigenvalue weighted by molar-refractivity contribution is 5.48. The van der Waals surface area contributed by atoms with Crippen LogP contribution in [0.4, 0.5) is 0 Å². The van der Waals surface area contributed by atoms with Crippen molar-refractivity contribution >= 4 is 0 Å². The molecular formula is C39H60O6. The topological polar surface area (TPSA) is 77.4 Å². The van der Waals surface area contributed by atoms with Crippen molar-refractivity contribution in [3.63, 3.8) is 0 Å². The molecule has 2 aliphatic heterocycles. The second-order valence-electron chi connectivity index (χ2n) is 16.7.